The summed E-state index contributed by atoms with van der Waals surface area (Å²) in [7, 11) is 0. The molecule has 0 bridgehead atoms. The highest BCUT2D eigenvalue weighted by Gasteiger charge is 2.38. The molecular weight excluding hydrogens is 302 g/mol. The summed E-state index contributed by atoms with van der Waals surface area (Å²) in [6.07, 6.45) is 5.98. The lowest BCUT2D eigenvalue weighted by molar-refractivity contribution is -0.0361. The second-order valence-corrected chi connectivity index (χ2v) is 6.76. The third-order valence-electron chi connectivity index (χ3n) is 5.30. The summed E-state index contributed by atoms with van der Waals surface area (Å²) in [6.45, 7) is 4.11. The number of benzene rings is 1. The first-order valence-corrected chi connectivity index (χ1v) is 8.85. The minimum absolute atomic E-state index is 0.0600. The minimum Gasteiger partial charge on any atom is -0.379 e. The Bertz CT molecular complexity index is 611. The Morgan fingerprint density at radius 3 is 2.71 bits per heavy atom. The molecule has 1 amide bonds. The maximum Gasteiger partial charge on any atom is 0.251 e. The summed E-state index contributed by atoms with van der Waals surface area (Å²) in [5.41, 5.74) is 1.13. The molecule has 128 valence electrons. The first-order chi connectivity index (χ1) is 11.7. The van der Waals surface area contributed by atoms with Gasteiger partial charge < -0.3 is 10.1 Å². The summed E-state index contributed by atoms with van der Waals surface area (Å²) in [4.78, 5) is 15.0. The predicted molar refractivity (Wildman–Crippen MR) is 91.7 cm³/mol. The fraction of sp³-hybridized carbons (Fsp3) is 0.579. The molecule has 2 fully saturated rings. The van der Waals surface area contributed by atoms with Crippen molar-refractivity contribution in [1.29, 1.82) is 5.26 Å². The van der Waals surface area contributed by atoms with Gasteiger partial charge in [0.15, 0.2) is 0 Å². The Labute approximate surface area is 143 Å². The van der Waals surface area contributed by atoms with Gasteiger partial charge in [-0.15, -0.1) is 0 Å². The van der Waals surface area contributed by atoms with Gasteiger partial charge in [0, 0.05) is 30.7 Å². The first-order valence-electron chi connectivity index (χ1n) is 8.85. The monoisotopic (exact) mass is 327 g/mol. The van der Waals surface area contributed by atoms with E-state index in [1.165, 1.54) is 19.3 Å². The lowest BCUT2D eigenvalue weighted by Crippen LogP contribution is -2.59. The van der Waals surface area contributed by atoms with Crippen LogP contribution in [-0.4, -0.2) is 49.2 Å². The molecule has 0 aromatic heterocycles. The van der Waals surface area contributed by atoms with Gasteiger partial charge in [-0.2, -0.15) is 5.26 Å². The van der Waals surface area contributed by atoms with Crippen LogP contribution in [0.3, 0.4) is 0 Å². The van der Waals surface area contributed by atoms with E-state index in [0.29, 0.717) is 17.7 Å². The van der Waals surface area contributed by atoms with Gasteiger partial charge in [0.1, 0.15) is 0 Å². The van der Waals surface area contributed by atoms with Crippen LogP contribution in [0.1, 0.15) is 48.0 Å². The molecular formula is C19H25N3O2. The molecule has 1 aromatic carbocycles. The summed E-state index contributed by atoms with van der Waals surface area (Å²) in [5.74, 6) is -0.0923. The molecule has 1 aromatic rings. The van der Waals surface area contributed by atoms with E-state index in [0.717, 1.165) is 39.1 Å². The van der Waals surface area contributed by atoms with Crippen LogP contribution in [0.2, 0.25) is 0 Å². The van der Waals surface area contributed by atoms with Crippen molar-refractivity contribution < 1.29 is 9.53 Å². The number of nitrogens with one attached hydrogen (secondary N) is 1. The van der Waals surface area contributed by atoms with Crippen molar-refractivity contribution in [2.45, 2.75) is 37.6 Å². The van der Waals surface area contributed by atoms with Crippen molar-refractivity contribution in [3.63, 3.8) is 0 Å². The van der Waals surface area contributed by atoms with Crippen molar-refractivity contribution in [1.82, 2.24) is 10.2 Å². The highest BCUT2D eigenvalue weighted by molar-refractivity contribution is 5.94. The van der Waals surface area contributed by atoms with E-state index in [2.05, 4.69) is 16.3 Å². The second-order valence-electron chi connectivity index (χ2n) is 6.76. The zero-order valence-electron chi connectivity index (χ0n) is 14.1. The minimum atomic E-state index is -0.0923. The van der Waals surface area contributed by atoms with Gasteiger partial charge in [-0.3, -0.25) is 9.69 Å². The topological polar surface area (TPSA) is 65.4 Å². The highest BCUT2D eigenvalue weighted by atomic mass is 16.5. The third kappa shape index (κ3) is 3.77. The number of ether oxygens (including phenoxy) is 1. The van der Waals surface area contributed by atoms with E-state index in [1.807, 2.05) is 0 Å². The quantitative estimate of drug-likeness (QED) is 0.922. The largest absolute Gasteiger partial charge is 0.379 e. The van der Waals surface area contributed by atoms with Crippen molar-refractivity contribution in [3.8, 4) is 6.07 Å². The van der Waals surface area contributed by atoms with E-state index in [9.17, 15) is 4.79 Å². The molecule has 5 heteroatoms. The summed E-state index contributed by atoms with van der Waals surface area (Å²) < 4.78 is 5.50. The normalized spacial score (nSPS) is 21.0. The number of hydrogen-bond acceptors (Lipinski definition) is 4. The summed E-state index contributed by atoms with van der Waals surface area (Å²) in [6, 6.07) is 8.97. The lowest BCUT2D eigenvalue weighted by Gasteiger charge is -2.48. The van der Waals surface area contributed by atoms with Gasteiger partial charge in [0.05, 0.1) is 24.8 Å². The Morgan fingerprint density at radius 1 is 1.25 bits per heavy atom. The van der Waals surface area contributed by atoms with Crippen molar-refractivity contribution >= 4 is 5.91 Å². The summed E-state index contributed by atoms with van der Waals surface area (Å²) in [5, 5.41) is 12.1. The zero-order valence-corrected chi connectivity index (χ0v) is 14.1. The van der Waals surface area contributed by atoms with Gasteiger partial charge in [-0.1, -0.05) is 25.3 Å². The van der Waals surface area contributed by atoms with Crippen LogP contribution in [0.5, 0.6) is 0 Å². The van der Waals surface area contributed by atoms with Crippen molar-refractivity contribution in [2.75, 3.05) is 32.8 Å². The molecule has 1 aliphatic carbocycles. The van der Waals surface area contributed by atoms with E-state index in [1.54, 1.807) is 24.3 Å². The number of nitriles is 1. The molecule has 1 saturated carbocycles. The van der Waals surface area contributed by atoms with Crippen LogP contribution in [0.25, 0.3) is 0 Å². The van der Waals surface area contributed by atoms with Gasteiger partial charge in [-0.25, -0.2) is 0 Å². The number of morpholine rings is 1. The second kappa shape index (κ2) is 7.78. The highest BCUT2D eigenvalue weighted by Crippen LogP contribution is 2.33. The van der Waals surface area contributed by atoms with Gasteiger partial charge >= 0.3 is 0 Å². The smallest absolute Gasteiger partial charge is 0.251 e. The number of carbonyl (C=O) groups excluding carboxylic acids is 1. The zero-order chi connectivity index (χ0) is 16.8. The molecule has 3 rings (SSSR count). The van der Waals surface area contributed by atoms with E-state index in [4.69, 9.17) is 10.00 Å². The maximum atomic E-state index is 12.5. The van der Waals surface area contributed by atoms with E-state index < -0.39 is 0 Å². The standard InChI is InChI=1S/C19H25N3O2/c20-14-16-5-4-6-17(13-16)18(23)21-15-19(7-2-1-3-8-19)22-9-11-24-12-10-22/h4-6,13H,1-3,7-12,15H2,(H,21,23). The molecule has 1 aliphatic heterocycles. The molecule has 1 N–H and O–H groups in total. The number of hydrogen-bond donors (Lipinski definition) is 1. The summed E-state index contributed by atoms with van der Waals surface area (Å²) >= 11 is 0. The Hall–Kier alpha value is -1.90. The number of amides is 1. The van der Waals surface area contributed by atoms with Crippen LogP contribution in [0, 0.1) is 11.3 Å². The fourth-order valence-corrected chi connectivity index (χ4v) is 3.93. The molecule has 5 nitrogen and oxygen atoms in total. The van der Waals surface area contributed by atoms with Gasteiger partial charge in [0.25, 0.3) is 5.91 Å². The molecule has 24 heavy (non-hydrogen) atoms. The van der Waals surface area contributed by atoms with Crippen LogP contribution in [0.4, 0.5) is 0 Å². The molecule has 0 radical (unpaired) electrons. The van der Waals surface area contributed by atoms with E-state index in [-0.39, 0.29) is 11.4 Å². The molecule has 0 unspecified atom stereocenters. The molecule has 0 atom stereocenters. The average molecular weight is 327 g/mol. The van der Waals surface area contributed by atoms with E-state index >= 15 is 0 Å². The molecule has 1 saturated heterocycles. The van der Waals surface area contributed by atoms with Crippen molar-refractivity contribution in [3.05, 3.63) is 35.4 Å². The lowest BCUT2D eigenvalue weighted by atomic mass is 9.79. The SMILES string of the molecule is N#Cc1cccc(C(=O)NCC2(N3CCOCC3)CCCCC2)c1. The van der Waals surface area contributed by atoms with Gasteiger partial charge in [0.2, 0.25) is 0 Å². The van der Waals surface area contributed by atoms with Crippen LogP contribution in [-0.2, 0) is 4.74 Å². The van der Waals surface area contributed by atoms with Gasteiger partial charge in [-0.05, 0) is 31.0 Å². The average Bonchev–Trinajstić information content (AvgIpc) is 2.67. The Balaban J connectivity index is 1.68. The predicted octanol–water partition coefficient (Wildman–Crippen LogP) is 2.32. The Morgan fingerprint density at radius 2 is 2.00 bits per heavy atom. The molecule has 1 heterocycles. The fourth-order valence-electron chi connectivity index (χ4n) is 3.93. The van der Waals surface area contributed by atoms with Crippen LogP contribution >= 0.6 is 0 Å². The maximum absolute atomic E-state index is 12.5. The molecule has 2 aliphatic rings. The van der Waals surface area contributed by atoms with Crippen molar-refractivity contribution in [2.24, 2.45) is 0 Å². The molecule has 0 spiro atoms. The Kier molecular flexibility index (Phi) is 5.49. The van der Waals surface area contributed by atoms with Crippen LogP contribution in [0.15, 0.2) is 24.3 Å². The number of carbonyl (C=O) groups is 1. The van der Waals surface area contributed by atoms with Crippen LogP contribution < -0.4 is 5.32 Å². The number of rotatable bonds is 4. The first kappa shape index (κ1) is 16.9. The number of nitrogens with zero attached hydrogens (tertiary/aromatic N) is 2. The third-order valence-corrected chi connectivity index (χ3v) is 5.30.